The van der Waals surface area contributed by atoms with E-state index in [-0.39, 0.29) is 11.3 Å². The second-order valence-electron chi connectivity index (χ2n) is 8.50. The minimum Gasteiger partial charge on any atom is -0.359 e. The number of hydrogen-bond acceptors (Lipinski definition) is 7. The van der Waals surface area contributed by atoms with Gasteiger partial charge in [0, 0.05) is 23.9 Å². The third kappa shape index (κ3) is 3.11. The molecule has 0 aliphatic carbocycles. The van der Waals surface area contributed by atoms with Crippen LogP contribution < -0.4 is 4.90 Å². The predicted molar refractivity (Wildman–Crippen MR) is 120 cm³/mol. The van der Waals surface area contributed by atoms with Gasteiger partial charge in [0.15, 0.2) is 5.78 Å². The molecule has 3 heterocycles. The van der Waals surface area contributed by atoms with E-state index in [2.05, 4.69) is 0 Å². The quantitative estimate of drug-likeness (QED) is 0.301. The first-order chi connectivity index (χ1) is 16.3. The van der Waals surface area contributed by atoms with Crippen molar-refractivity contribution in [2.45, 2.75) is 19.0 Å². The van der Waals surface area contributed by atoms with Crippen LogP contribution in [0, 0.1) is 40.2 Å². The number of non-ortho nitro benzene ring substituents is 1. The molecule has 0 radical (unpaired) electrons. The van der Waals surface area contributed by atoms with Crippen LogP contribution in [0.3, 0.4) is 0 Å². The third-order valence-electron chi connectivity index (χ3n) is 6.58. The Balaban J connectivity index is 1.60. The van der Waals surface area contributed by atoms with Crippen molar-refractivity contribution < 1.29 is 19.3 Å². The Bertz CT molecular complexity index is 1350. The van der Waals surface area contributed by atoms with Crippen LogP contribution in [0.2, 0.25) is 0 Å². The molecular weight excluding hydrogens is 436 g/mol. The van der Waals surface area contributed by atoms with Crippen LogP contribution in [0.15, 0.2) is 72.5 Å². The van der Waals surface area contributed by atoms with Gasteiger partial charge >= 0.3 is 0 Å². The lowest BCUT2D eigenvalue weighted by Gasteiger charge is -2.32. The van der Waals surface area contributed by atoms with Gasteiger partial charge in [-0.05, 0) is 31.2 Å². The molecule has 2 fully saturated rings. The molecule has 3 aliphatic rings. The van der Waals surface area contributed by atoms with Gasteiger partial charge in [0.05, 0.1) is 40.1 Å². The van der Waals surface area contributed by atoms with Crippen molar-refractivity contribution in [3.8, 4) is 6.07 Å². The fraction of sp³-hybridized carbons (Fsp3) is 0.200. The molecule has 0 unspecified atom stereocenters. The summed E-state index contributed by atoms with van der Waals surface area (Å²) in [5.74, 6) is -3.30. The second-order valence-corrected chi connectivity index (χ2v) is 8.50. The summed E-state index contributed by atoms with van der Waals surface area (Å²) in [5.41, 5.74) is 1.55. The van der Waals surface area contributed by atoms with Gasteiger partial charge < -0.3 is 4.90 Å². The van der Waals surface area contributed by atoms with E-state index in [0.717, 1.165) is 10.5 Å². The number of nitro benzene ring substituents is 1. The van der Waals surface area contributed by atoms with Crippen LogP contribution in [-0.4, -0.2) is 39.5 Å². The van der Waals surface area contributed by atoms with Crippen molar-refractivity contribution in [3.05, 3.63) is 93.7 Å². The number of nitrogens with zero attached hydrogens (tertiary/aromatic N) is 4. The van der Waals surface area contributed by atoms with Gasteiger partial charge in [0.1, 0.15) is 6.04 Å². The average Bonchev–Trinajstić information content (AvgIpc) is 3.31. The van der Waals surface area contributed by atoms with Crippen LogP contribution in [0.25, 0.3) is 0 Å². The van der Waals surface area contributed by atoms with Crippen LogP contribution in [0.5, 0.6) is 0 Å². The van der Waals surface area contributed by atoms with Gasteiger partial charge in [-0.1, -0.05) is 29.8 Å². The van der Waals surface area contributed by atoms with Crippen molar-refractivity contribution in [2.75, 3.05) is 4.90 Å². The van der Waals surface area contributed by atoms with E-state index in [1.165, 1.54) is 30.3 Å². The van der Waals surface area contributed by atoms with Gasteiger partial charge in [-0.2, -0.15) is 5.26 Å². The maximum Gasteiger partial charge on any atom is 0.270 e. The Morgan fingerprint density at radius 3 is 2.47 bits per heavy atom. The number of carbonyl (C=O) groups excluding carboxylic acids is 3. The molecule has 3 aliphatic heterocycles. The molecule has 9 heteroatoms. The van der Waals surface area contributed by atoms with Crippen molar-refractivity contribution in [1.29, 1.82) is 5.26 Å². The van der Waals surface area contributed by atoms with Crippen LogP contribution >= 0.6 is 0 Å². The van der Waals surface area contributed by atoms with E-state index in [1.807, 2.05) is 13.0 Å². The highest BCUT2D eigenvalue weighted by atomic mass is 16.6. The summed E-state index contributed by atoms with van der Waals surface area (Å²) < 4.78 is 0. The highest BCUT2D eigenvalue weighted by Crippen LogP contribution is 2.47. The number of imide groups is 1. The number of Topliss-reactive ketones (excluding diaryl/α,β-unsaturated/α-hetero) is 1. The summed E-state index contributed by atoms with van der Waals surface area (Å²) >= 11 is 0. The number of ketones is 1. The Hall–Kier alpha value is -4.58. The maximum atomic E-state index is 13.6. The van der Waals surface area contributed by atoms with Gasteiger partial charge in [-0.3, -0.25) is 24.5 Å². The van der Waals surface area contributed by atoms with Crippen LogP contribution in [-0.2, 0) is 9.59 Å². The Kier molecular flexibility index (Phi) is 4.87. The predicted octanol–water partition coefficient (Wildman–Crippen LogP) is 2.92. The third-order valence-corrected chi connectivity index (χ3v) is 6.58. The van der Waals surface area contributed by atoms with Gasteiger partial charge in [-0.15, -0.1) is 0 Å². The zero-order valence-electron chi connectivity index (χ0n) is 18.0. The molecule has 2 amide bonds. The number of nitriles is 1. The monoisotopic (exact) mass is 454 g/mol. The highest BCUT2D eigenvalue weighted by molar-refractivity contribution is 6.24. The summed E-state index contributed by atoms with van der Waals surface area (Å²) in [6.07, 6.45) is 4.68. The summed E-state index contributed by atoms with van der Waals surface area (Å²) in [6, 6.07) is 12.6. The van der Waals surface area contributed by atoms with Crippen molar-refractivity contribution >= 4 is 29.0 Å². The smallest absolute Gasteiger partial charge is 0.270 e. The minimum absolute atomic E-state index is 0.0797. The Morgan fingerprint density at radius 2 is 1.79 bits per heavy atom. The Morgan fingerprint density at radius 1 is 1.09 bits per heavy atom. The zero-order valence-corrected chi connectivity index (χ0v) is 18.0. The van der Waals surface area contributed by atoms with Gasteiger partial charge in [-0.25, -0.2) is 4.90 Å². The standard InChI is InChI=1S/C25H18N4O5/c1-14-5-7-17(8-6-14)28-24(31)20-19-11-15(13-26)9-10-27(19)22(21(20)25(28)32)23(30)16-3-2-4-18(12-16)29(33)34/h2-12,19-22H,1H3/t19-,20-,21-,22+/m0/s1. The van der Waals surface area contributed by atoms with E-state index in [0.29, 0.717) is 11.3 Å². The number of benzene rings is 2. The molecule has 2 aromatic carbocycles. The summed E-state index contributed by atoms with van der Waals surface area (Å²) in [4.78, 5) is 54.1. The number of rotatable bonds is 4. The topological polar surface area (TPSA) is 125 Å². The molecule has 5 rings (SSSR count). The molecule has 9 nitrogen and oxygen atoms in total. The first-order valence-electron chi connectivity index (χ1n) is 10.6. The molecule has 0 spiro atoms. The van der Waals surface area contributed by atoms with E-state index >= 15 is 0 Å². The molecule has 0 aromatic heterocycles. The van der Waals surface area contributed by atoms with E-state index in [4.69, 9.17) is 0 Å². The maximum absolute atomic E-state index is 13.6. The first-order valence-corrected chi connectivity index (χ1v) is 10.6. The minimum atomic E-state index is -1.04. The molecular formula is C25H18N4O5. The molecule has 0 N–H and O–H groups in total. The SMILES string of the molecule is Cc1ccc(N2C(=O)[C@@H]3[C@H](C2=O)[C@H](C(=O)c2cccc([N+](=O)[O-])c2)N2C=CC(C#N)=C[C@@H]32)cc1. The molecule has 168 valence electrons. The second kappa shape index (κ2) is 7.78. The fourth-order valence-corrected chi connectivity index (χ4v) is 5.01. The summed E-state index contributed by atoms with van der Waals surface area (Å²) in [6.45, 7) is 1.89. The molecule has 0 bridgehead atoms. The molecule has 2 saturated heterocycles. The zero-order chi connectivity index (χ0) is 24.1. The van der Waals surface area contributed by atoms with Gasteiger partial charge in [0.25, 0.3) is 5.69 Å². The number of fused-ring (bicyclic) bond motifs is 3. The number of nitro groups is 1. The van der Waals surface area contributed by atoms with Crippen LogP contribution in [0.1, 0.15) is 15.9 Å². The number of hydrogen-bond donors (Lipinski definition) is 0. The van der Waals surface area contributed by atoms with E-state index < -0.39 is 46.4 Å². The lowest BCUT2D eigenvalue weighted by molar-refractivity contribution is -0.384. The number of carbonyl (C=O) groups is 3. The van der Waals surface area contributed by atoms with Gasteiger partial charge in [0.2, 0.25) is 11.8 Å². The van der Waals surface area contributed by atoms with Crippen LogP contribution in [0.4, 0.5) is 11.4 Å². The van der Waals surface area contributed by atoms with Crippen molar-refractivity contribution in [1.82, 2.24) is 4.90 Å². The van der Waals surface area contributed by atoms with Crippen molar-refractivity contribution in [2.24, 2.45) is 11.8 Å². The lowest BCUT2D eigenvalue weighted by Crippen LogP contribution is -2.46. The molecule has 4 atom stereocenters. The van der Waals surface area contributed by atoms with E-state index in [1.54, 1.807) is 41.4 Å². The van der Waals surface area contributed by atoms with E-state index in [9.17, 15) is 29.8 Å². The number of anilines is 1. The fourth-order valence-electron chi connectivity index (χ4n) is 5.01. The number of aryl methyl sites for hydroxylation is 1. The largest absolute Gasteiger partial charge is 0.359 e. The molecule has 2 aromatic rings. The lowest BCUT2D eigenvalue weighted by atomic mass is 9.86. The summed E-state index contributed by atoms with van der Waals surface area (Å²) in [7, 11) is 0. The normalized spacial score (nSPS) is 25.0. The molecule has 34 heavy (non-hydrogen) atoms. The number of amides is 2. The molecule has 0 saturated carbocycles. The average molecular weight is 454 g/mol. The Labute approximate surface area is 194 Å². The summed E-state index contributed by atoms with van der Waals surface area (Å²) in [5, 5.41) is 20.6. The number of allylic oxidation sites excluding steroid dienone is 2. The highest BCUT2D eigenvalue weighted by Gasteiger charge is 2.63. The first kappa shape index (κ1) is 21.3. The van der Waals surface area contributed by atoms with Crippen molar-refractivity contribution in [3.63, 3.8) is 0 Å².